The summed E-state index contributed by atoms with van der Waals surface area (Å²) in [5, 5.41) is 26.7. The van der Waals surface area contributed by atoms with Crippen molar-refractivity contribution in [3.63, 3.8) is 0 Å². The van der Waals surface area contributed by atoms with Crippen LogP contribution in [0.5, 0.6) is 0 Å². The van der Waals surface area contributed by atoms with E-state index in [0.717, 1.165) is 34.2 Å². The number of amides is 1. The van der Waals surface area contributed by atoms with Gasteiger partial charge in [-0.15, -0.1) is 10.2 Å². The zero-order chi connectivity index (χ0) is 21.1. The maximum Gasteiger partial charge on any atom is 0.307 e. The van der Waals surface area contributed by atoms with Crippen molar-refractivity contribution >= 4 is 11.9 Å². The lowest BCUT2D eigenvalue weighted by molar-refractivity contribution is -0.143. The zero-order valence-corrected chi connectivity index (χ0v) is 16.6. The summed E-state index contributed by atoms with van der Waals surface area (Å²) in [6.45, 7) is 2.53. The minimum absolute atomic E-state index is 0.0283. The van der Waals surface area contributed by atoms with E-state index in [2.05, 4.69) is 25.9 Å². The summed E-state index contributed by atoms with van der Waals surface area (Å²) in [4.78, 5) is 23.6. The number of aromatic nitrogens is 4. The van der Waals surface area contributed by atoms with Gasteiger partial charge in [-0.25, -0.2) is 0 Å². The Labute approximate surface area is 173 Å². The summed E-state index contributed by atoms with van der Waals surface area (Å²) in [5.74, 6) is -1.38. The van der Waals surface area contributed by atoms with Gasteiger partial charge in [0.25, 0.3) is 5.91 Å². The number of aliphatic carboxylic acids is 1. The number of hydrogen-bond donors (Lipinski definition) is 3. The van der Waals surface area contributed by atoms with Crippen LogP contribution in [0.4, 0.5) is 0 Å². The Hall–Kier alpha value is -3.55. The third-order valence-electron chi connectivity index (χ3n) is 5.63. The van der Waals surface area contributed by atoms with Gasteiger partial charge in [-0.1, -0.05) is 48.9 Å². The van der Waals surface area contributed by atoms with Crippen molar-refractivity contribution in [2.75, 3.05) is 0 Å². The molecule has 0 radical (unpaired) electrons. The smallest absolute Gasteiger partial charge is 0.307 e. The first-order valence-electron chi connectivity index (χ1n) is 10.0. The third-order valence-corrected chi connectivity index (χ3v) is 5.63. The van der Waals surface area contributed by atoms with Gasteiger partial charge in [0.2, 0.25) is 0 Å². The minimum Gasteiger partial charge on any atom is -0.481 e. The van der Waals surface area contributed by atoms with E-state index in [1.54, 1.807) is 0 Å². The molecule has 3 N–H and O–H groups in total. The van der Waals surface area contributed by atoms with Gasteiger partial charge in [0.1, 0.15) is 0 Å². The number of rotatable bonds is 8. The molecule has 8 nitrogen and oxygen atoms in total. The van der Waals surface area contributed by atoms with Crippen LogP contribution in [0.15, 0.2) is 42.5 Å². The van der Waals surface area contributed by atoms with Crippen LogP contribution in [0.3, 0.4) is 0 Å². The molecule has 2 unspecified atom stereocenters. The second-order valence-corrected chi connectivity index (χ2v) is 7.57. The standard InChI is InChI=1S/C22H23N5O3/c1-2-3-18(22(29)30)19(20-24-26-27-25-20)10-13-4-6-14(7-5-13)15-8-9-17-16(11-15)12-23-21(17)28/h4-9,11,18-19H,2-3,10,12H2,1H3,(H,23,28)(H,29,30)(H,24,25,26,27). The molecule has 2 atom stereocenters. The first-order chi connectivity index (χ1) is 14.6. The lowest BCUT2D eigenvalue weighted by Crippen LogP contribution is -2.25. The van der Waals surface area contributed by atoms with Crippen molar-refractivity contribution in [1.29, 1.82) is 0 Å². The predicted octanol–water partition coefficient (Wildman–Crippen LogP) is 2.94. The van der Waals surface area contributed by atoms with Gasteiger partial charge in [-0.3, -0.25) is 9.59 Å². The second kappa shape index (κ2) is 8.44. The van der Waals surface area contributed by atoms with E-state index in [4.69, 9.17) is 0 Å². The summed E-state index contributed by atoms with van der Waals surface area (Å²) in [7, 11) is 0. The third kappa shape index (κ3) is 3.94. The number of fused-ring (bicyclic) bond motifs is 1. The van der Waals surface area contributed by atoms with Crippen LogP contribution in [0.1, 0.15) is 53.0 Å². The molecule has 1 amide bonds. The molecule has 0 bridgehead atoms. The maximum absolute atomic E-state index is 11.9. The normalized spacial score (nSPS) is 14.8. The predicted molar refractivity (Wildman–Crippen MR) is 110 cm³/mol. The van der Waals surface area contributed by atoms with E-state index in [1.807, 2.05) is 49.4 Å². The molecule has 0 spiro atoms. The van der Waals surface area contributed by atoms with Crippen molar-refractivity contribution in [1.82, 2.24) is 25.9 Å². The summed E-state index contributed by atoms with van der Waals surface area (Å²) in [6, 6.07) is 13.9. The summed E-state index contributed by atoms with van der Waals surface area (Å²) in [6.07, 6.45) is 1.83. The fraction of sp³-hybridized carbons (Fsp3) is 0.318. The van der Waals surface area contributed by atoms with Gasteiger partial charge >= 0.3 is 5.97 Å². The maximum atomic E-state index is 11.9. The molecule has 30 heavy (non-hydrogen) atoms. The van der Waals surface area contributed by atoms with Crippen LogP contribution in [-0.2, 0) is 17.8 Å². The Bertz CT molecular complexity index is 1050. The number of nitrogens with one attached hydrogen (secondary N) is 2. The van der Waals surface area contributed by atoms with Gasteiger partial charge in [-0.05, 0) is 47.2 Å². The molecular weight excluding hydrogens is 382 g/mol. The monoisotopic (exact) mass is 405 g/mol. The molecular formula is C22H23N5O3. The highest BCUT2D eigenvalue weighted by Crippen LogP contribution is 2.31. The molecule has 8 heteroatoms. The van der Waals surface area contributed by atoms with Gasteiger partial charge < -0.3 is 10.4 Å². The van der Waals surface area contributed by atoms with E-state index in [0.29, 0.717) is 25.2 Å². The Morgan fingerprint density at radius 3 is 2.60 bits per heavy atom. The molecule has 1 aliphatic heterocycles. The molecule has 0 fully saturated rings. The average molecular weight is 405 g/mol. The van der Waals surface area contributed by atoms with E-state index in [-0.39, 0.29) is 11.8 Å². The second-order valence-electron chi connectivity index (χ2n) is 7.57. The van der Waals surface area contributed by atoms with Crippen LogP contribution < -0.4 is 5.32 Å². The summed E-state index contributed by atoms with van der Waals surface area (Å²) < 4.78 is 0. The first kappa shape index (κ1) is 19.8. The fourth-order valence-corrected chi connectivity index (χ4v) is 4.05. The number of carbonyl (C=O) groups excluding carboxylic acids is 1. The lowest BCUT2D eigenvalue weighted by atomic mass is 9.83. The number of H-pyrrole nitrogens is 1. The Morgan fingerprint density at radius 1 is 1.17 bits per heavy atom. The molecule has 1 aromatic heterocycles. The van der Waals surface area contributed by atoms with Gasteiger partial charge in [0, 0.05) is 18.0 Å². The highest BCUT2D eigenvalue weighted by Gasteiger charge is 2.32. The largest absolute Gasteiger partial charge is 0.481 e. The van der Waals surface area contributed by atoms with Crippen LogP contribution in [-0.4, -0.2) is 37.6 Å². The van der Waals surface area contributed by atoms with Crippen LogP contribution >= 0.6 is 0 Å². The van der Waals surface area contributed by atoms with Crippen molar-refractivity contribution in [2.24, 2.45) is 5.92 Å². The van der Waals surface area contributed by atoms with Gasteiger partial charge in [0.15, 0.2) is 5.82 Å². The number of benzene rings is 2. The molecule has 3 aromatic rings. The fourth-order valence-electron chi connectivity index (χ4n) is 4.05. The number of aromatic amines is 1. The van der Waals surface area contributed by atoms with E-state index >= 15 is 0 Å². The number of hydrogen-bond acceptors (Lipinski definition) is 5. The van der Waals surface area contributed by atoms with Crippen molar-refractivity contribution in [3.05, 3.63) is 65.0 Å². The SMILES string of the molecule is CCCC(C(=O)O)C(Cc1ccc(-c2ccc3c(c2)CNC3=O)cc1)c1nn[nH]n1. The molecule has 154 valence electrons. The van der Waals surface area contributed by atoms with E-state index in [9.17, 15) is 14.7 Å². The quantitative estimate of drug-likeness (QED) is 0.530. The van der Waals surface area contributed by atoms with Crippen LogP contribution in [0.2, 0.25) is 0 Å². The molecule has 0 saturated heterocycles. The zero-order valence-electron chi connectivity index (χ0n) is 16.6. The first-order valence-corrected chi connectivity index (χ1v) is 10.0. The number of nitrogens with zero attached hydrogens (tertiary/aromatic N) is 3. The number of tetrazole rings is 1. The van der Waals surface area contributed by atoms with Crippen LogP contribution in [0, 0.1) is 5.92 Å². The van der Waals surface area contributed by atoms with E-state index < -0.39 is 11.9 Å². The Balaban J connectivity index is 1.57. The Kier molecular flexibility index (Phi) is 5.56. The average Bonchev–Trinajstić information content (AvgIpc) is 3.41. The molecule has 0 saturated carbocycles. The van der Waals surface area contributed by atoms with Gasteiger partial charge in [-0.2, -0.15) is 5.21 Å². The highest BCUT2D eigenvalue weighted by atomic mass is 16.4. The molecule has 1 aliphatic rings. The summed E-state index contributed by atoms with van der Waals surface area (Å²) in [5.41, 5.74) is 4.83. The molecule has 2 heterocycles. The highest BCUT2D eigenvalue weighted by molar-refractivity contribution is 5.98. The van der Waals surface area contributed by atoms with E-state index in [1.165, 1.54) is 0 Å². The molecule has 0 aliphatic carbocycles. The lowest BCUT2D eigenvalue weighted by Gasteiger charge is -2.21. The van der Waals surface area contributed by atoms with Crippen molar-refractivity contribution in [2.45, 2.75) is 38.6 Å². The molecule has 4 rings (SSSR count). The topological polar surface area (TPSA) is 121 Å². The number of carbonyl (C=O) groups is 2. The van der Waals surface area contributed by atoms with Crippen molar-refractivity contribution < 1.29 is 14.7 Å². The molecule has 2 aromatic carbocycles. The minimum atomic E-state index is -0.843. The van der Waals surface area contributed by atoms with Crippen LogP contribution in [0.25, 0.3) is 11.1 Å². The Morgan fingerprint density at radius 2 is 1.93 bits per heavy atom. The van der Waals surface area contributed by atoms with Crippen molar-refractivity contribution in [3.8, 4) is 11.1 Å². The van der Waals surface area contributed by atoms with Gasteiger partial charge in [0.05, 0.1) is 5.92 Å². The number of carboxylic acid groups (broad SMARTS) is 1. The number of carboxylic acids is 1. The summed E-state index contributed by atoms with van der Waals surface area (Å²) >= 11 is 0.